The van der Waals surface area contributed by atoms with Gasteiger partial charge in [-0.15, -0.1) is 12.4 Å². The summed E-state index contributed by atoms with van der Waals surface area (Å²) in [4.78, 5) is 11.2. The Bertz CT molecular complexity index is 355. The van der Waals surface area contributed by atoms with E-state index in [0.29, 0.717) is 10.6 Å². The lowest BCUT2D eigenvalue weighted by Crippen LogP contribution is -2.40. The van der Waals surface area contributed by atoms with Gasteiger partial charge in [0, 0.05) is 11.6 Å². The molecule has 1 amide bonds. The number of aliphatic hydroxyl groups is 1. The summed E-state index contributed by atoms with van der Waals surface area (Å²) in [6, 6.07) is 6.23. The number of nitrogens with two attached hydrogens (primary N) is 1. The molecule has 0 bridgehead atoms. The van der Waals surface area contributed by atoms with Crippen LogP contribution in [0, 0.1) is 0 Å². The van der Waals surface area contributed by atoms with Crippen molar-refractivity contribution in [1.82, 2.24) is 5.32 Å². The number of hydrogen-bond donors (Lipinski definition) is 3. The molecule has 1 rings (SSSR count). The van der Waals surface area contributed by atoms with Crippen LogP contribution in [-0.4, -0.2) is 23.6 Å². The number of benzene rings is 1. The number of rotatable bonds is 4. The molecule has 17 heavy (non-hydrogen) atoms. The van der Waals surface area contributed by atoms with Gasteiger partial charge in [-0.2, -0.15) is 0 Å². The molecule has 0 aliphatic carbocycles. The zero-order chi connectivity index (χ0) is 12.1. The highest BCUT2D eigenvalue weighted by molar-refractivity contribution is 6.30. The normalized spacial score (nSPS) is 13.4. The van der Waals surface area contributed by atoms with E-state index in [9.17, 15) is 9.90 Å². The lowest BCUT2D eigenvalue weighted by molar-refractivity contribution is -0.122. The first-order valence-electron chi connectivity index (χ1n) is 4.97. The standard InChI is InChI=1S/C11H15ClN2O2.ClH/c1-7(13)11(16)14-6-10(15)8-2-4-9(12)5-3-8;/h2-5,7,10,15H,6,13H2,1H3,(H,14,16);1H/t7-,10?;/m0./s1. The molecule has 96 valence electrons. The van der Waals surface area contributed by atoms with Crippen LogP contribution in [0.2, 0.25) is 5.02 Å². The van der Waals surface area contributed by atoms with Crippen LogP contribution in [0.15, 0.2) is 24.3 Å². The summed E-state index contributed by atoms with van der Waals surface area (Å²) < 4.78 is 0. The Morgan fingerprint density at radius 1 is 1.47 bits per heavy atom. The second-order valence-electron chi connectivity index (χ2n) is 3.60. The van der Waals surface area contributed by atoms with Crippen molar-refractivity contribution < 1.29 is 9.90 Å². The smallest absolute Gasteiger partial charge is 0.236 e. The third kappa shape index (κ3) is 5.37. The minimum atomic E-state index is -0.750. The Morgan fingerprint density at radius 3 is 2.47 bits per heavy atom. The van der Waals surface area contributed by atoms with Gasteiger partial charge in [0.2, 0.25) is 5.91 Å². The molecule has 6 heteroatoms. The van der Waals surface area contributed by atoms with E-state index in [0.717, 1.165) is 0 Å². The molecule has 0 fully saturated rings. The van der Waals surface area contributed by atoms with Crippen molar-refractivity contribution in [3.63, 3.8) is 0 Å². The highest BCUT2D eigenvalue weighted by Crippen LogP contribution is 2.15. The minimum absolute atomic E-state index is 0. The second kappa shape index (κ2) is 7.50. The average Bonchev–Trinajstić information content (AvgIpc) is 2.26. The number of carbonyl (C=O) groups is 1. The van der Waals surface area contributed by atoms with Gasteiger partial charge in [-0.3, -0.25) is 4.79 Å². The first-order valence-corrected chi connectivity index (χ1v) is 5.35. The molecule has 0 radical (unpaired) electrons. The molecule has 1 aromatic carbocycles. The monoisotopic (exact) mass is 278 g/mol. The van der Waals surface area contributed by atoms with Crippen LogP contribution in [-0.2, 0) is 4.79 Å². The van der Waals surface area contributed by atoms with E-state index in [2.05, 4.69) is 5.32 Å². The second-order valence-corrected chi connectivity index (χ2v) is 4.04. The van der Waals surface area contributed by atoms with Gasteiger partial charge in [0.1, 0.15) is 0 Å². The number of hydrogen-bond acceptors (Lipinski definition) is 3. The number of halogens is 2. The summed E-state index contributed by atoms with van der Waals surface area (Å²) in [5, 5.41) is 12.9. The number of carbonyl (C=O) groups excluding carboxylic acids is 1. The topological polar surface area (TPSA) is 75.4 Å². The predicted octanol–water partition coefficient (Wildman–Crippen LogP) is 1.26. The Hall–Kier alpha value is -0.810. The predicted molar refractivity (Wildman–Crippen MR) is 70.3 cm³/mol. The quantitative estimate of drug-likeness (QED) is 0.776. The fourth-order valence-electron chi connectivity index (χ4n) is 1.16. The van der Waals surface area contributed by atoms with Gasteiger partial charge in [0.25, 0.3) is 0 Å². The van der Waals surface area contributed by atoms with E-state index in [1.807, 2.05) is 0 Å². The zero-order valence-corrected chi connectivity index (χ0v) is 11.0. The Balaban J connectivity index is 0.00000256. The molecule has 0 aliphatic heterocycles. The van der Waals surface area contributed by atoms with Crippen molar-refractivity contribution >= 4 is 29.9 Å². The summed E-state index contributed by atoms with van der Waals surface area (Å²) in [5.41, 5.74) is 6.07. The van der Waals surface area contributed by atoms with E-state index in [4.69, 9.17) is 17.3 Å². The fourth-order valence-corrected chi connectivity index (χ4v) is 1.29. The van der Waals surface area contributed by atoms with Crippen LogP contribution in [0.4, 0.5) is 0 Å². The van der Waals surface area contributed by atoms with Crippen LogP contribution in [0.1, 0.15) is 18.6 Å². The summed E-state index contributed by atoms with van der Waals surface area (Å²) in [7, 11) is 0. The van der Waals surface area contributed by atoms with E-state index < -0.39 is 12.1 Å². The van der Waals surface area contributed by atoms with Gasteiger partial charge in [-0.05, 0) is 24.6 Å². The van der Waals surface area contributed by atoms with Gasteiger partial charge in [0.05, 0.1) is 12.1 Å². The zero-order valence-electron chi connectivity index (χ0n) is 9.39. The summed E-state index contributed by atoms with van der Waals surface area (Å²) >= 11 is 5.72. The summed E-state index contributed by atoms with van der Waals surface area (Å²) in [6.07, 6.45) is -0.750. The van der Waals surface area contributed by atoms with Crippen molar-refractivity contribution in [3.8, 4) is 0 Å². The highest BCUT2D eigenvalue weighted by Gasteiger charge is 2.11. The minimum Gasteiger partial charge on any atom is -0.387 e. The molecule has 0 saturated carbocycles. The Labute approximate surface area is 112 Å². The third-order valence-electron chi connectivity index (χ3n) is 2.14. The van der Waals surface area contributed by atoms with E-state index in [1.165, 1.54) is 0 Å². The van der Waals surface area contributed by atoms with Crippen LogP contribution in [0.3, 0.4) is 0 Å². The molecular formula is C11H16Cl2N2O2. The first kappa shape index (κ1) is 16.2. The molecule has 4 nitrogen and oxygen atoms in total. The van der Waals surface area contributed by atoms with Crippen molar-refractivity contribution in [3.05, 3.63) is 34.9 Å². The Kier molecular flexibility index (Phi) is 7.15. The molecule has 2 atom stereocenters. The van der Waals surface area contributed by atoms with Crippen LogP contribution in [0.25, 0.3) is 0 Å². The maximum atomic E-state index is 11.2. The maximum Gasteiger partial charge on any atom is 0.236 e. The Morgan fingerprint density at radius 2 is 2.00 bits per heavy atom. The van der Waals surface area contributed by atoms with Crippen molar-refractivity contribution in [2.75, 3.05) is 6.54 Å². The SMILES string of the molecule is C[C@H](N)C(=O)NCC(O)c1ccc(Cl)cc1.Cl. The number of amides is 1. The number of nitrogens with one attached hydrogen (secondary N) is 1. The molecule has 4 N–H and O–H groups in total. The van der Waals surface area contributed by atoms with Gasteiger partial charge in [-0.25, -0.2) is 0 Å². The summed E-state index contributed by atoms with van der Waals surface area (Å²) in [6.45, 7) is 1.73. The van der Waals surface area contributed by atoms with E-state index in [1.54, 1.807) is 31.2 Å². The fraction of sp³-hybridized carbons (Fsp3) is 0.364. The van der Waals surface area contributed by atoms with Gasteiger partial charge in [-0.1, -0.05) is 23.7 Å². The van der Waals surface area contributed by atoms with Gasteiger partial charge >= 0.3 is 0 Å². The van der Waals surface area contributed by atoms with Crippen molar-refractivity contribution in [1.29, 1.82) is 0 Å². The average molecular weight is 279 g/mol. The van der Waals surface area contributed by atoms with Crippen molar-refractivity contribution in [2.45, 2.75) is 19.1 Å². The summed E-state index contributed by atoms with van der Waals surface area (Å²) in [5.74, 6) is -0.284. The maximum absolute atomic E-state index is 11.2. The van der Waals surface area contributed by atoms with Crippen LogP contribution in [0.5, 0.6) is 0 Å². The van der Waals surface area contributed by atoms with E-state index >= 15 is 0 Å². The highest BCUT2D eigenvalue weighted by atomic mass is 35.5. The number of aliphatic hydroxyl groups excluding tert-OH is 1. The van der Waals surface area contributed by atoms with E-state index in [-0.39, 0.29) is 24.9 Å². The van der Waals surface area contributed by atoms with Crippen molar-refractivity contribution in [2.24, 2.45) is 5.73 Å². The molecule has 0 spiro atoms. The van der Waals surface area contributed by atoms with Crippen LogP contribution >= 0.6 is 24.0 Å². The lowest BCUT2D eigenvalue weighted by Gasteiger charge is -2.13. The molecule has 0 aliphatic rings. The third-order valence-corrected chi connectivity index (χ3v) is 2.39. The molecule has 1 unspecified atom stereocenters. The van der Waals surface area contributed by atoms with Crippen LogP contribution < -0.4 is 11.1 Å². The molecule has 0 heterocycles. The molecule has 0 aromatic heterocycles. The first-order chi connectivity index (χ1) is 7.50. The van der Waals surface area contributed by atoms with Gasteiger partial charge < -0.3 is 16.2 Å². The lowest BCUT2D eigenvalue weighted by atomic mass is 10.1. The molecule has 0 saturated heterocycles. The van der Waals surface area contributed by atoms with Gasteiger partial charge in [0.15, 0.2) is 0 Å². The molecule has 1 aromatic rings. The largest absolute Gasteiger partial charge is 0.387 e. The molecular weight excluding hydrogens is 263 g/mol.